The number of aromatic nitrogens is 1. The van der Waals surface area contributed by atoms with E-state index in [1.165, 1.54) is 11.1 Å². The van der Waals surface area contributed by atoms with Gasteiger partial charge in [-0.2, -0.15) is 0 Å². The van der Waals surface area contributed by atoms with Gasteiger partial charge in [0.15, 0.2) is 0 Å². The van der Waals surface area contributed by atoms with Crippen LogP contribution in [-0.4, -0.2) is 35.4 Å². The second kappa shape index (κ2) is 9.14. The fraction of sp³-hybridized carbons (Fsp3) is 0.478. The molecule has 1 aromatic heterocycles. The maximum Gasteiger partial charge on any atom is 0.221 e. The molecule has 2 heterocycles. The van der Waals surface area contributed by atoms with Crippen molar-refractivity contribution < 1.29 is 4.79 Å². The molecule has 2 aromatic rings. The summed E-state index contributed by atoms with van der Waals surface area (Å²) in [5, 5.41) is 3.28. The quantitative estimate of drug-likeness (QED) is 0.841. The van der Waals surface area contributed by atoms with Crippen LogP contribution in [0.25, 0.3) is 0 Å². The molecule has 0 saturated carbocycles. The molecule has 1 aromatic carbocycles. The molecule has 27 heavy (non-hydrogen) atoms. The van der Waals surface area contributed by atoms with Crippen LogP contribution in [0.1, 0.15) is 54.5 Å². The van der Waals surface area contributed by atoms with E-state index in [4.69, 9.17) is 0 Å². The molecule has 1 saturated heterocycles. The minimum atomic E-state index is -0.152. The summed E-state index contributed by atoms with van der Waals surface area (Å²) in [7, 11) is 0. The van der Waals surface area contributed by atoms with Crippen molar-refractivity contribution in [2.45, 2.75) is 46.1 Å². The summed E-state index contributed by atoms with van der Waals surface area (Å²) in [6, 6.07) is 10.2. The number of rotatable bonds is 6. The highest BCUT2D eigenvalue weighted by atomic mass is 16.1. The van der Waals surface area contributed by atoms with Gasteiger partial charge in [0.25, 0.3) is 0 Å². The number of likely N-dealkylation sites (tertiary alicyclic amines) is 1. The zero-order valence-electron chi connectivity index (χ0n) is 16.7. The molecule has 0 bridgehead atoms. The SMILES string of the molecule is CCN1CCC(CC(=O)N[C@@H](c2cccnc2)c2ccc(C)c(C)c2)CC1. The lowest BCUT2D eigenvalue weighted by Gasteiger charge is -2.31. The lowest BCUT2D eigenvalue weighted by atomic mass is 9.92. The molecule has 0 spiro atoms. The number of nitrogens with zero attached hydrogens (tertiary/aromatic N) is 2. The van der Waals surface area contributed by atoms with E-state index in [1.807, 2.05) is 18.3 Å². The van der Waals surface area contributed by atoms with Crippen LogP contribution in [0, 0.1) is 19.8 Å². The standard InChI is InChI=1S/C23H31N3O/c1-4-26-12-9-19(10-13-26)15-22(27)25-23(21-6-5-11-24-16-21)20-8-7-17(2)18(3)14-20/h5-8,11,14,16,19,23H,4,9-10,12-13,15H2,1-3H3,(H,25,27)/t23-/m1/s1. The van der Waals surface area contributed by atoms with Crippen LogP contribution in [0.5, 0.6) is 0 Å². The third-order valence-electron chi connectivity index (χ3n) is 5.82. The average Bonchev–Trinajstić information content (AvgIpc) is 2.69. The highest BCUT2D eigenvalue weighted by Crippen LogP contribution is 2.25. The van der Waals surface area contributed by atoms with Crippen LogP contribution in [0.2, 0.25) is 0 Å². The number of aryl methyl sites for hydroxylation is 2. The van der Waals surface area contributed by atoms with Crippen LogP contribution in [0.15, 0.2) is 42.7 Å². The van der Waals surface area contributed by atoms with Crippen LogP contribution >= 0.6 is 0 Å². The van der Waals surface area contributed by atoms with Gasteiger partial charge in [-0.3, -0.25) is 9.78 Å². The number of amides is 1. The van der Waals surface area contributed by atoms with Crippen molar-refractivity contribution in [2.75, 3.05) is 19.6 Å². The maximum atomic E-state index is 12.8. The number of benzene rings is 1. The summed E-state index contributed by atoms with van der Waals surface area (Å²) in [6.07, 6.45) is 6.45. The van der Waals surface area contributed by atoms with E-state index >= 15 is 0 Å². The summed E-state index contributed by atoms with van der Waals surface area (Å²) in [5.41, 5.74) is 4.63. The Kier molecular flexibility index (Phi) is 6.62. The van der Waals surface area contributed by atoms with E-state index in [0.717, 1.165) is 43.6 Å². The molecule has 1 atom stereocenters. The zero-order chi connectivity index (χ0) is 19.2. The van der Waals surface area contributed by atoms with Crippen molar-refractivity contribution in [3.8, 4) is 0 Å². The number of hydrogen-bond acceptors (Lipinski definition) is 3. The van der Waals surface area contributed by atoms with E-state index in [1.54, 1.807) is 6.20 Å². The summed E-state index contributed by atoms with van der Waals surface area (Å²) in [4.78, 5) is 19.5. The fourth-order valence-electron chi connectivity index (χ4n) is 3.84. The second-order valence-electron chi connectivity index (χ2n) is 7.71. The van der Waals surface area contributed by atoms with E-state index in [2.05, 4.69) is 54.2 Å². The molecule has 0 unspecified atom stereocenters. The maximum absolute atomic E-state index is 12.8. The van der Waals surface area contributed by atoms with Gasteiger partial charge < -0.3 is 10.2 Å². The first-order chi connectivity index (χ1) is 13.1. The number of carbonyl (C=O) groups excluding carboxylic acids is 1. The largest absolute Gasteiger partial charge is 0.345 e. The first-order valence-corrected chi connectivity index (χ1v) is 10.1. The van der Waals surface area contributed by atoms with Gasteiger partial charge in [-0.1, -0.05) is 31.2 Å². The Morgan fingerprint density at radius 2 is 1.96 bits per heavy atom. The van der Waals surface area contributed by atoms with Crippen LogP contribution in [-0.2, 0) is 4.79 Å². The molecule has 1 aliphatic heterocycles. The average molecular weight is 366 g/mol. The molecular weight excluding hydrogens is 334 g/mol. The van der Waals surface area contributed by atoms with Crippen molar-refractivity contribution in [3.05, 3.63) is 65.0 Å². The van der Waals surface area contributed by atoms with Crippen LogP contribution in [0.4, 0.5) is 0 Å². The van der Waals surface area contributed by atoms with Gasteiger partial charge in [-0.25, -0.2) is 0 Å². The second-order valence-corrected chi connectivity index (χ2v) is 7.71. The number of hydrogen-bond donors (Lipinski definition) is 1. The van der Waals surface area contributed by atoms with Crippen LogP contribution in [0.3, 0.4) is 0 Å². The van der Waals surface area contributed by atoms with E-state index in [9.17, 15) is 4.79 Å². The Bertz CT molecular complexity index is 751. The summed E-state index contributed by atoms with van der Waals surface area (Å²) in [6.45, 7) is 9.75. The normalized spacial score (nSPS) is 16.9. The van der Waals surface area contributed by atoms with Gasteiger partial charge in [0.1, 0.15) is 0 Å². The molecular formula is C23H31N3O. The van der Waals surface area contributed by atoms with Gasteiger partial charge in [0, 0.05) is 18.8 Å². The fourth-order valence-corrected chi connectivity index (χ4v) is 3.84. The monoisotopic (exact) mass is 365 g/mol. The Labute approximate surface area is 163 Å². The summed E-state index contributed by atoms with van der Waals surface area (Å²) in [5.74, 6) is 0.624. The Morgan fingerprint density at radius 1 is 1.19 bits per heavy atom. The molecule has 1 amide bonds. The Morgan fingerprint density at radius 3 is 2.59 bits per heavy atom. The minimum absolute atomic E-state index is 0.136. The van der Waals surface area contributed by atoms with Gasteiger partial charge in [-0.15, -0.1) is 0 Å². The Balaban J connectivity index is 1.72. The topological polar surface area (TPSA) is 45.2 Å². The van der Waals surface area contributed by atoms with Gasteiger partial charge in [0.2, 0.25) is 5.91 Å². The third kappa shape index (κ3) is 5.16. The molecule has 3 rings (SSSR count). The number of carbonyl (C=O) groups is 1. The third-order valence-corrected chi connectivity index (χ3v) is 5.82. The van der Waals surface area contributed by atoms with Crippen molar-refractivity contribution in [1.82, 2.24) is 15.2 Å². The molecule has 1 aliphatic rings. The smallest absolute Gasteiger partial charge is 0.221 e. The zero-order valence-corrected chi connectivity index (χ0v) is 16.7. The first kappa shape index (κ1) is 19.6. The molecule has 4 nitrogen and oxygen atoms in total. The highest BCUT2D eigenvalue weighted by molar-refractivity contribution is 5.77. The minimum Gasteiger partial charge on any atom is -0.345 e. The number of nitrogens with one attached hydrogen (secondary N) is 1. The van der Waals surface area contributed by atoms with Gasteiger partial charge in [0.05, 0.1) is 6.04 Å². The Hall–Kier alpha value is -2.20. The molecule has 1 fully saturated rings. The summed E-state index contributed by atoms with van der Waals surface area (Å²) >= 11 is 0. The lowest BCUT2D eigenvalue weighted by Crippen LogP contribution is -2.36. The molecule has 144 valence electrons. The molecule has 0 aliphatic carbocycles. The number of pyridine rings is 1. The lowest BCUT2D eigenvalue weighted by molar-refractivity contribution is -0.122. The van der Waals surface area contributed by atoms with E-state index in [-0.39, 0.29) is 11.9 Å². The molecule has 4 heteroatoms. The van der Waals surface area contributed by atoms with Crippen LogP contribution < -0.4 is 5.32 Å². The van der Waals surface area contributed by atoms with Gasteiger partial charge in [-0.05, 0) is 80.6 Å². The van der Waals surface area contributed by atoms with Crippen molar-refractivity contribution >= 4 is 5.91 Å². The van der Waals surface area contributed by atoms with Crippen molar-refractivity contribution in [3.63, 3.8) is 0 Å². The highest BCUT2D eigenvalue weighted by Gasteiger charge is 2.23. The van der Waals surface area contributed by atoms with E-state index in [0.29, 0.717) is 12.3 Å². The first-order valence-electron chi connectivity index (χ1n) is 10.1. The molecule has 1 N–H and O–H groups in total. The predicted octanol–water partition coefficient (Wildman–Crippen LogP) is 4.03. The van der Waals surface area contributed by atoms with Crippen molar-refractivity contribution in [2.24, 2.45) is 5.92 Å². The van der Waals surface area contributed by atoms with Gasteiger partial charge >= 0.3 is 0 Å². The predicted molar refractivity (Wildman–Crippen MR) is 110 cm³/mol. The molecule has 0 radical (unpaired) electrons. The van der Waals surface area contributed by atoms with E-state index < -0.39 is 0 Å². The van der Waals surface area contributed by atoms with Crippen molar-refractivity contribution in [1.29, 1.82) is 0 Å². The number of piperidine rings is 1. The summed E-state index contributed by atoms with van der Waals surface area (Å²) < 4.78 is 0.